The molecule has 4 heteroatoms. The van der Waals surface area contributed by atoms with E-state index in [1.165, 1.54) is 0 Å². The van der Waals surface area contributed by atoms with E-state index in [9.17, 15) is 4.79 Å². The van der Waals surface area contributed by atoms with Crippen LogP contribution in [-0.2, 0) is 6.42 Å². The Morgan fingerprint density at radius 2 is 1.79 bits per heavy atom. The lowest BCUT2D eigenvalue weighted by Gasteiger charge is -2.17. The van der Waals surface area contributed by atoms with Crippen LogP contribution in [-0.4, -0.2) is 27.1 Å². The van der Waals surface area contributed by atoms with Crippen molar-refractivity contribution in [2.24, 2.45) is 5.92 Å². The van der Waals surface area contributed by atoms with Gasteiger partial charge in [0.25, 0.3) is 0 Å². The third-order valence-corrected chi connectivity index (χ3v) is 3.65. The van der Waals surface area contributed by atoms with Gasteiger partial charge in [-0.05, 0) is 24.8 Å². The Balaban J connectivity index is 2.65. The minimum Gasteiger partial charge on any atom is -0.493 e. The van der Waals surface area contributed by atoms with Crippen LogP contribution in [0.3, 0.4) is 0 Å². The Bertz CT molecular complexity index is 493. The third-order valence-electron chi connectivity index (χ3n) is 3.65. The van der Waals surface area contributed by atoms with E-state index in [0.29, 0.717) is 35.2 Å². The molecule has 1 unspecified atom stereocenters. The molecule has 0 aromatic heterocycles. The molecule has 0 N–H and O–H groups in total. The molecule has 104 valence electrons. The number of Topliss-reactive ketones (excluding diaryl/α,β-unsaturated/α-hetero) is 1. The fraction of sp³-hybridized carbons (Fsp3) is 0.533. The van der Waals surface area contributed by atoms with Crippen molar-refractivity contribution >= 4 is 5.78 Å². The average Bonchev–Trinajstić information content (AvgIpc) is 2.55. The number of benzene rings is 1. The van der Waals surface area contributed by atoms with Gasteiger partial charge < -0.3 is 14.2 Å². The van der Waals surface area contributed by atoms with E-state index in [-0.39, 0.29) is 5.78 Å². The lowest BCUT2D eigenvalue weighted by molar-refractivity contribution is 0.0966. The van der Waals surface area contributed by atoms with Crippen LogP contribution in [0.15, 0.2) is 6.07 Å². The standard InChI is InChI=1S/C15H20O4/c1-9-5-6-10-11(12(16)7-9)8-13(17-2)15(19-4)14(10)18-3/h8-9H,5-7H2,1-4H3. The molecular weight excluding hydrogens is 244 g/mol. The van der Waals surface area contributed by atoms with Gasteiger partial charge in [0.2, 0.25) is 5.75 Å². The highest BCUT2D eigenvalue weighted by Gasteiger charge is 2.27. The van der Waals surface area contributed by atoms with Gasteiger partial charge in [-0.25, -0.2) is 0 Å². The second kappa shape index (κ2) is 5.51. The van der Waals surface area contributed by atoms with Crippen LogP contribution in [0.5, 0.6) is 17.2 Å². The number of carbonyl (C=O) groups is 1. The first kappa shape index (κ1) is 13.7. The molecule has 0 saturated carbocycles. The summed E-state index contributed by atoms with van der Waals surface area (Å²) in [6, 6.07) is 1.77. The summed E-state index contributed by atoms with van der Waals surface area (Å²) in [4.78, 5) is 12.3. The van der Waals surface area contributed by atoms with Gasteiger partial charge in [0, 0.05) is 17.5 Å². The molecule has 0 saturated heterocycles. The van der Waals surface area contributed by atoms with Crippen LogP contribution in [0.4, 0.5) is 0 Å². The zero-order valence-corrected chi connectivity index (χ0v) is 11.9. The maximum absolute atomic E-state index is 12.3. The largest absolute Gasteiger partial charge is 0.493 e. The summed E-state index contributed by atoms with van der Waals surface area (Å²) in [6.45, 7) is 2.10. The first-order valence-corrected chi connectivity index (χ1v) is 6.47. The highest BCUT2D eigenvalue weighted by molar-refractivity contribution is 5.99. The number of ketones is 1. The molecular formula is C15H20O4. The van der Waals surface area contributed by atoms with Crippen LogP contribution in [0, 0.1) is 5.92 Å². The number of fused-ring (bicyclic) bond motifs is 1. The number of carbonyl (C=O) groups excluding carboxylic acids is 1. The van der Waals surface area contributed by atoms with Gasteiger partial charge >= 0.3 is 0 Å². The molecule has 4 nitrogen and oxygen atoms in total. The molecule has 0 fully saturated rings. The Hall–Kier alpha value is -1.71. The third kappa shape index (κ3) is 2.39. The number of rotatable bonds is 3. The van der Waals surface area contributed by atoms with E-state index in [1.807, 2.05) is 0 Å². The maximum Gasteiger partial charge on any atom is 0.203 e. The van der Waals surface area contributed by atoms with Crippen molar-refractivity contribution in [3.63, 3.8) is 0 Å². The molecule has 1 atom stereocenters. The lowest BCUT2D eigenvalue weighted by atomic mass is 9.99. The average molecular weight is 264 g/mol. The topological polar surface area (TPSA) is 44.8 Å². The highest BCUT2D eigenvalue weighted by atomic mass is 16.5. The first-order chi connectivity index (χ1) is 9.12. The van der Waals surface area contributed by atoms with Gasteiger partial charge in [0.05, 0.1) is 21.3 Å². The Morgan fingerprint density at radius 3 is 2.37 bits per heavy atom. The van der Waals surface area contributed by atoms with Crippen molar-refractivity contribution in [1.82, 2.24) is 0 Å². The number of methoxy groups -OCH3 is 3. The van der Waals surface area contributed by atoms with E-state index >= 15 is 0 Å². The first-order valence-electron chi connectivity index (χ1n) is 6.47. The number of hydrogen-bond acceptors (Lipinski definition) is 4. The van der Waals surface area contributed by atoms with Crippen molar-refractivity contribution in [3.8, 4) is 17.2 Å². The monoisotopic (exact) mass is 264 g/mol. The maximum atomic E-state index is 12.3. The Morgan fingerprint density at radius 1 is 1.11 bits per heavy atom. The minimum absolute atomic E-state index is 0.152. The molecule has 1 aromatic carbocycles. The van der Waals surface area contributed by atoms with Crippen LogP contribution in [0.1, 0.15) is 35.7 Å². The molecule has 0 bridgehead atoms. The van der Waals surface area contributed by atoms with Crippen molar-refractivity contribution in [2.75, 3.05) is 21.3 Å². The summed E-state index contributed by atoms with van der Waals surface area (Å²) >= 11 is 0. The molecule has 1 aliphatic carbocycles. The minimum atomic E-state index is 0.152. The van der Waals surface area contributed by atoms with Crippen LogP contribution >= 0.6 is 0 Å². The summed E-state index contributed by atoms with van der Waals surface area (Å²) in [5.74, 6) is 2.27. The van der Waals surface area contributed by atoms with Gasteiger partial charge in [-0.15, -0.1) is 0 Å². The smallest absolute Gasteiger partial charge is 0.203 e. The van der Waals surface area contributed by atoms with E-state index < -0.39 is 0 Å². The highest BCUT2D eigenvalue weighted by Crippen LogP contribution is 2.44. The summed E-state index contributed by atoms with van der Waals surface area (Å²) in [5.41, 5.74) is 1.65. The van der Waals surface area contributed by atoms with E-state index in [1.54, 1.807) is 27.4 Å². The van der Waals surface area contributed by atoms with Gasteiger partial charge in [-0.3, -0.25) is 4.79 Å². The lowest BCUT2D eigenvalue weighted by Crippen LogP contribution is -2.06. The Kier molecular flexibility index (Phi) is 3.98. The van der Waals surface area contributed by atoms with E-state index in [0.717, 1.165) is 18.4 Å². The van der Waals surface area contributed by atoms with Gasteiger partial charge in [0.1, 0.15) is 0 Å². The normalized spacial score (nSPS) is 18.5. The molecule has 2 rings (SSSR count). The quantitative estimate of drug-likeness (QED) is 0.787. The molecule has 0 radical (unpaired) electrons. The second-order valence-electron chi connectivity index (χ2n) is 4.94. The second-order valence-corrected chi connectivity index (χ2v) is 4.94. The summed E-state index contributed by atoms with van der Waals surface area (Å²) in [5, 5.41) is 0. The number of ether oxygens (including phenoxy) is 3. The van der Waals surface area contributed by atoms with E-state index in [4.69, 9.17) is 14.2 Å². The van der Waals surface area contributed by atoms with Gasteiger partial charge in [-0.2, -0.15) is 0 Å². The van der Waals surface area contributed by atoms with E-state index in [2.05, 4.69) is 6.92 Å². The molecule has 1 aromatic rings. The molecule has 19 heavy (non-hydrogen) atoms. The summed E-state index contributed by atoms with van der Waals surface area (Å²) in [6.07, 6.45) is 2.38. The predicted octanol–water partition coefficient (Wildman–Crippen LogP) is 2.87. The molecule has 0 aliphatic heterocycles. The van der Waals surface area contributed by atoms with Crippen LogP contribution in [0.25, 0.3) is 0 Å². The van der Waals surface area contributed by atoms with Crippen molar-refractivity contribution in [1.29, 1.82) is 0 Å². The Labute approximate surface area is 113 Å². The van der Waals surface area contributed by atoms with Crippen molar-refractivity contribution in [2.45, 2.75) is 26.2 Å². The summed E-state index contributed by atoms with van der Waals surface area (Å²) < 4.78 is 16.1. The van der Waals surface area contributed by atoms with Crippen LogP contribution < -0.4 is 14.2 Å². The molecule has 0 spiro atoms. The fourth-order valence-electron chi connectivity index (χ4n) is 2.63. The predicted molar refractivity (Wildman–Crippen MR) is 72.5 cm³/mol. The zero-order chi connectivity index (χ0) is 14.0. The molecule has 0 amide bonds. The van der Waals surface area contributed by atoms with Crippen molar-refractivity contribution in [3.05, 3.63) is 17.2 Å². The van der Waals surface area contributed by atoms with Crippen LogP contribution in [0.2, 0.25) is 0 Å². The zero-order valence-electron chi connectivity index (χ0n) is 11.9. The summed E-state index contributed by atoms with van der Waals surface area (Å²) in [7, 11) is 4.73. The molecule has 0 heterocycles. The van der Waals surface area contributed by atoms with Gasteiger partial charge in [-0.1, -0.05) is 6.92 Å². The molecule has 1 aliphatic rings. The fourth-order valence-corrected chi connectivity index (χ4v) is 2.63. The van der Waals surface area contributed by atoms with Crippen molar-refractivity contribution < 1.29 is 19.0 Å². The number of hydrogen-bond donors (Lipinski definition) is 0. The SMILES string of the molecule is COc1cc2c(c(OC)c1OC)CCC(C)CC2=O. The van der Waals surface area contributed by atoms with Gasteiger partial charge in [0.15, 0.2) is 17.3 Å².